The highest BCUT2D eigenvalue weighted by molar-refractivity contribution is 14.0. The van der Waals surface area contributed by atoms with Crippen LogP contribution in [0.1, 0.15) is 37.7 Å². The number of sulfone groups is 1. The van der Waals surface area contributed by atoms with Crippen molar-refractivity contribution in [3.05, 3.63) is 29.8 Å². The van der Waals surface area contributed by atoms with Crippen molar-refractivity contribution in [3.8, 4) is 0 Å². The summed E-state index contributed by atoms with van der Waals surface area (Å²) in [6.07, 6.45) is 8.41. The summed E-state index contributed by atoms with van der Waals surface area (Å²) in [5.74, 6) is 0.852. The van der Waals surface area contributed by atoms with E-state index < -0.39 is 9.84 Å². The predicted molar refractivity (Wildman–Crippen MR) is 110 cm³/mol. The number of halogens is 1. The Hall–Kier alpha value is -0.830. The van der Waals surface area contributed by atoms with Crippen LogP contribution in [0.5, 0.6) is 0 Å². The van der Waals surface area contributed by atoms with Gasteiger partial charge in [-0.05, 0) is 37.0 Å². The van der Waals surface area contributed by atoms with Crippen LogP contribution in [-0.4, -0.2) is 40.3 Å². The Bertz CT molecular complexity index is 624. The van der Waals surface area contributed by atoms with Crippen LogP contribution in [0.15, 0.2) is 34.2 Å². The molecule has 2 rings (SSSR count). The van der Waals surface area contributed by atoms with Gasteiger partial charge in [-0.15, -0.1) is 24.0 Å². The van der Waals surface area contributed by atoms with Gasteiger partial charge < -0.3 is 10.6 Å². The Balaban J connectivity index is 0.00000288. The minimum Gasteiger partial charge on any atom is -0.356 e. The van der Waals surface area contributed by atoms with Crippen molar-refractivity contribution in [2.75, 3.05) is 19.8 Å². The number of nitrogens with zero attached hydrogens (tertiary/aromatic N) is 1. The largest absolute Gasteiger partial charge is 0.356 e. The highest BCUT2D eigenvalue weighted by Crippen LogP contribution is 2.17. The Morgan fingerprint density at radius 1 is 1.17 bits per heavy atom. The first kappa shape index (κ1) is 21.2. The second-order valence-corrected chi connectivity index (χ2v) is 8.16. The number of rotatable bonds is 5. The molecule has 0 amide bonds. The molecular weight excluding hydrogens is 437 g/mol. The first-order chi connectivity index (χ1) is 11.0. The summed E-state index contributed by atoms with van der Waals surface area (Å²) >= 11 is 0. The van der Waals surface area contributed by atoms with Gasteiger partial charge in [-0.1, -0.05) is 31.4 Å². The molecule has 1 fully saturated rings. The maximum absolute atomic E-state index is 11.4. The van der Waals surface area contributed by atoms with E-state index in [1.807, 2.05) is 12.1 Å². The molecule has 1 aliphatic carbocycles. The van der Waals surface area contributed by atoms with Crippen LogP contribution >= 0.6 is 24.0 Å². The molecule has 0 bridgehead atoms. The van der Waals surface area contributed by atoms with Crippen LogP contribution in [0.2, 0.25) is 0 Å². The summed E-state index contributed by atoms with van der Waals surface area (Å²) in [4.78, 5) is 4.64. The molecule has 2 N–H and O–H groups in total. The Labute approximate surface area is 162 Å². The SMILES string of the molecule is CN=C(NCCc1ccc(S(C)(=O)=O)cc1)NC1CCCCC1.I. The van der Waals surface area contributed by atoms with E-state index in [2.05, 4.69) is 15.6 Å². The Morgan fingerprint density at radius 3 is 2.33 bits per heavy atom. The van der Waals surface area contributed by atoms with Crippen molar-refractivity contribution in [1.82, 2.24) is 10.6 Å². The van der Waals surface area contributed by atoms with Crippen LogP contribution in [0, 0.1) is 0 Å². The zero-order valence-electron chi connectivity index (χ0n) is 14.4. The fraction of sp³-hybridized carbons (Fsp3) is 0.588. The third-order valence-electron chi connectivity index (χ3n) is 4.23. The molecule has 0 aromatic heterocycles. The van der Waals surface area contributed by atoms with Crippen LogP contribution in [-0.2, 0) is 16.3 Å². The van der Waals surface area contributed by atoms with Crippen molar-refractivity contribution < 1.29 is 8.42 Å². The predicted octanol–water partition coefficient (Wildman–Crippen LogP) is 2.75. The van der Waals surface area contributed by atoms with Crippen molar-refractivity contribution in [2.45, 2.75) is 49.5 Å². The van der Waals surface area contributed by atoms with E-state index in [0.29, 0.717) is 10.9 Å². The molecular formula is C17H28IN3O2S. The standard InChI is InChI=1S/C17H27N3O2S.HI/c1-18-17(20-15-6-4-3-5-7-15)19-13-12-14-8-10-16(11-9-14)23(2,21)22;/h8-11,15H,3-7,12-13H2,1-2H3,(H2,18,19,20);1H. The normalized spacial score (nSPS) is 16.3. The first-order valence-electron chi connectivity index (χ1n) is 8.25. The lowest BCUT2D eigenvalue weighted by Crippen LogP contribution is -2.44. The van der Waals surface area contributed by atoms with Gasteiger partial charge in [-0.2, -0.15) is 0 Å². The number of guanidine groups is 1. The fourth-order valence-electron chi connectivity index (χ4n) is 2.86. The lowest BCUT2D eigenvalue weighted by molar-refractivity contribution is 0.410. The van der Waals surface area contributed by atoms with E-state index in [-0.39, 0.29) is 24.0 Å². The number of hydrogen-bond acceptors (Lipinski definition) is 3. The summed E-state index contributed by atoms with van der Waals surface area (Å²) in [5.41, 5.74) is 1.11. The molecule has 7 heteroatoms. The molecule has 1 aromatic carbocycles. The van der Waals surface area contributed by atoms with Crippen LogP contribution < -0.4 is 10.6 Å². The van der Waals surface area contributed by atoms with Gasteiger partial charge in [0.05, 0.1) is 4.90 Å². The van der Waals surface area contributed by atoms with E-state index in [0.717, 1.165) is 24.5 Å². The maximum Gasteiger partial charge on any atom is 0.191 e. The van der Waals surface area contributed by atoms with Crippen molar-refractivity contribution >= 4 is 39.8 Å². The molecule has 24 heavy (non-hydrogen) atoms. The maximum atomic E-state index is 11.4. The molecule has 136 valence electrons. The van der Waals surface area contributed by atoms with E-state index in [1.54, 1.807) is 19.2 Å². The number of benzene rings is 1. The minimum atomic E-state index is -3.12. The monoisotopic (exact) mass is 465 g/mol. The third kappa shape index (κ3) is 6.96. The molecule has 1 aliphatic rings. The van der Waals surface area contributed by atoms with Gasteiger partial charge in [-0.25, -0.2) is 8.42 Å². The highest BCUT2D eigenvalue weighted by Gasteiger charge is 2.14. The van der Waals surface area contributed by atoms with E-state index >= 15 is 0 Å². The topological polar surface area (TPSA) is 70.6 Å². The molecule has 0 radical (unpaired) electrons. The molecule has 0 aliphatic heterocycles. The van der Waals surface area contributed by atoms with E-state index in [4.69, 9.17) is 0 Å². The molecule has 1 aromatic rings. The number of aliphatic imine (C=N–C) groups is 1. The number of hydrogen-bond donors (Lipinski definition) is 2. The van der Waals surface area contributed by atoms with Gasteiger partial charge >= 0.3 is 0 Å². The minimum absolute atomic E-state index is 0. The summed E-state index contributed by atoms with van der Waals surface area (Å²) in [5, 5.41) is 6.81. The van der Waals surface area contributed by atoms with Gasteiger partial charge in [-0.3, -0.25) is 4.99 Å². The third-order valence-corrected chi connectivity index (χ3v) is 5.36. The number of nitrogens with one attached hydrogen (secondary N) is 2. The molecule has 0 spiro atoms. The second-order valence-electron chi connectivity index (χ2n) is 6.14. The average Bonchev–Trinajstić information content (AvgIpc) is 2.54. The molecule has 0 atom stereocenters. The Kier molecular flexibility index (Phi) is 9.04. The highest BCUT2D eigenvalue weighted by atomic mass is 127. The van der Waals surface area contributed by atoms with Crippen molar-refractivity contribution in [1.29, 1.82) is 0 Å². The summed E-state index contributed by atoms with van der Waals surface area (Å²) < 4.78 is 22.9. The quantitative estimate of drug-likeness (QED) is 0.399. The van der Waals surface area contributed by atoms with Crippen LogP contribution in [0.25, 0.3) is 0 Å². The zero-order valence-corrected chi connectivity index (χ0v) is 17.6. The van der Waals surface area contributed by atoms with Crippen LogP contribution in [0.3, 0.4) is 0 Å². The van der Waals surface area contributed by atoms with Crippen LogP contribution in [0.4, 0.5) is 0 Å². The van der Waals surface area contributed by atoms with Gasteiger partial charge in [0.25, 0.3) is 0 Å². The molecule has 0 saturated heterocycles. The fourth-order valence-corrected chi connectivity index (χ4v) is 3.49. The summed E-state index contributed by atoms with van der Waals surface area (Å²) in [6.45, 7) is 0.768. The lowest BCUT2D eigenvalue weighted by atomic mass is 9.96. The molecule has 0 unspecified atom stereocenters. The summed E-state index contributed by atoms with van der Waals surface area (Å²) in [6, 6.07) is 7.61. The van der Waals surface area contributed by atoms with Gasteiger partial charge in [0.1, 0.15) is 0 Å². The van der Waals surface area contributed by atoms with E-state index in [9.17, 15) is 8.42 Å². The lowest BCUT2D eigenvalue weighted by Gasteiger charge is -2.24. The molecule has 5 nitrogen and oxygen atoms in total. The van der Waals surface area contributed by atoms with E-state index in [1.165, 1.54) is 38.4 Å². The zero-order chi connectivity index (χ0) is 16.7. The van der Waals surface area contributed by atoms with Gasteiger partial charge in [0.15, 0.2) is 15.8 Å². The average molecular weight is 465 g/mol. The second kappa shape index (κ2) is 10.2. The summed E-state index contributed by atoms with van der Waals surface area (Å²) in [7, 11) is -1.33. The molecule has 0 heterocycles. The van der Waals surface area contributed by atoms with Crippen molar-refractivity contribution in [2.24, 2.45) is 4.99 Å². The molecule has 1 saturated carbocycles. The Morgan fingerprint density at radius 2 is 1.79 bits per heavy atom. The van der Waals surface area contributed by atoms with Crippen molar-refractivity contribution in [3.63, 3.8) is 0 Å². The smallest absolute Gasteiger partial charge is 0.191 e. The van der Waals surface area contributed by atoms with Gasteiger partial charge in [0.2, 0.25) is 0 Å². The van der Waals surface area contributed by atoms with Gasteiger partial charge in [0, 0.05) is 25.9 Å². The first-order valence-corrected chi connectivity index (χ1v) is 10.1.